The number of ether oxygens (including phenoxy) is 2. The third kappa shape index (κ3) is 7.79. The lowest BCUT2D eigenvalue weighted by molar-refractivity contribution is 0.305. The van der Waals surface area contributed by atoms with E-state index < -0.39 is 0 Å². The van der Waals surface area contributed by atoms with Gasteiger partial charge in [0, 0.05) is 78.0 Å². The van der Waals surface area contributed by atoms with E-state index in [4.69, 9.17) is 47.6 Å². The van der Waals surface area contributed by atoms with E-state index in [2.05, 4.69) is 38.2 Å². The first-order valence-electron chi connectivity index (χ1n) is 17.4. The molecule has 0 saturated carbocycles. The number of nitrogens with one attached hydrogen (secondary N) is 2. The standard InChI is InChI=1S/C39H42Cl2N8O2/c1-24-13-14-26(46-24)18-42-19-34-38(50-2)47-32(20-44-34)29-10-6-8-27(36(29)40)28-9-7-11-30(37(28)41)33-21-45-35(39(48-33)51-3)23-49-17-15-25(22-49)31-12-4-5-16-43-31/h6-12,16,20-21,25-26,42,46H,1,4-5,13-15,17-19,22-23H2,2-3H3/t25?,26-/m0/s1. The highest BCUT2D eigenvalue weighted by atomic mass is 35.5. The fraction of sp³-hybridized carbons (Fsp3) is 0.359. The average molecular weight is 726 g/mol. The number of halogens is 2. The van der Waals surface area contributed by atoms with Crippen LogP contribution < -0.4 is 20.1 Å². The topological polar surface area (TPSA) is 110 Å². The van der Waals surface area contributed by atoms with Gasteiger partial charge in [-0.2, -0.15) is 0 Å². The van der Waals surface area contributed by atoms with Crippen molar-refractivity contribution >= 4 is 29.4 Å². The van der Waals surface area contributed by atoms with E-state index in [0.29, 0.717) is 58.2 Å². The lowest BCUT2D eigenvalue weighted by Gasteiger charge is -2.18. The number of aliphatic imine (C=N–C) groups is 1. The van der Waals surface area contributed by atoms with E-state index in [-0.39, 0.29) is 0 Å². The van der Waals surface area contributed by atoms with Crippen LogP contribution >= 0.6 is 23.2 Å². The Bertz CT molecular complexity index is 1980. The number of hydrogen-bond acceptors (Lipinski definition) is 10. The maximum atomic E-state index is 7.13. The molecule has 2 aromatic carbocycles. The molecule has 4 aromatic rings. The second-order valence-corrected chi connectivity index (χ2v) is 13.9. The van der Waals surface area contributed by atoms with Crippen molar-refractivity contribution in [1.82, 2.24) is 35.5 Å². The maximum Gasteiger partial charge on any atom is 0.237 e. The molecular formula is C39H42Cl2N8O2. The van der Waals surface area contributed by atoms with Gasteiger partial charge in [-0.25, -0.2) is 9.97 Å². The molecule has 0 radical (unpaired) electrons. The number of hydrogen-bond donors (Lipinski definition) is 2. The molecule has 0 amide bonds. The monoisotopic (exact) mass is 724 g/mol. The molecule has 2 N–H and O–H groups in total. The molecular weight excluding hydrogens is 683 g/mol. The Hall–Kier alpha value is -4.35. The first-order chi connectivity index (χ1) is 24.9. The number of benzene rings is 2. The molecule has 3 aliphatic rings. The minimum Gasteiger partial charge on any atom is -0.480 e. The van der Waals surface area contributed by atoms with Crippen LogP contribution in [-0.4, -0.2) is 70.9 Å². The van der Waals surface area contributed by atoms with Crippen molar-refractivity contribution in [2.45, 2.75) is 51.2 Å². The molecule has 0 bridgehead atoms. The Labute approximate surface area is 309 Å². The van der Waals surface area contributed by atoms with E-state index in [1.54, 1.807) is 26.6 Å². The van der Waals surface area contributed by atoms with Gasteiger partial charge in [0.1, 0.15) is 11.4 Å². The quantitative estimate of drug-likeness (QED) is 0.153. The maximum absolute atomic E-state index is 7.13. The summed E-state index contributed by atoms with van der Waals surface area (Å²) in [6, 6.07) is 12.0. The van der Waals surface area contributed by atoms with Gasteiger partial charge in [0.25, 0.3) is 0 Å². The van der Waals surface area contributed by atoms with Gasteiger partial charge in [-0.3, -0.25) is 19.9 Å². The van der Waals surface area contributed by atoms with Crippen molar-refractivity contribution < 1.29 is 9.47 Å². The summed E-state index contributed by atoms with van der Waals surface area (Å²) < 4.78 is 11.4. The van der Waals surface area contributed by atoms with Gasteiger partial charge in [0.2, 0.25) is 11.8 Å². The van der Waals surface area contributed by atoms with Crippen LogP contribution in [0.1, 0.15) is 43.5 Å². The van der Waals surface area contributed by atoms with Gasteiger partial charge >= 0.3 is 0 Å². The Morgan fingerprint density at radius 1 is 0.882 bits per heavy atom. The molecule has 2 atom stereocenters. The molecule has 5 heterocycles. The van der Waals surface area contributed by atoms with Gasteiger partial charge < -0.3 is 20.1 Å². The van der Waals surface area contributed by atoms with Crippen LogP contribution in [0.15, 0.2) is 77.8 Å². The average Bonchev–Trinajstić information content (AvgIpc) is 3.81. The lowest BCUT2D eigenvalue weighted by atomic mass is 9.98. The Kier molecular flexibility index (Phi) is 10.9. The molecule has 10 nitrogen and oxygen atoms in total. The van der Waals surface area contributed by atoms with E-state index in [9.17, 15) is 0 Å². The number of methoxy groups -OCH3 is 2. The van der Waals surface area contributed by atoms with E-state index in [1.807, 2.05) is 42.6 Å². The van der Waals surface area contributed by atoms with E-state index in [0.717, 1.165) is 91.1 Å². The summed E-state index contributed by atoms with van der Waals surface area (Å²) in [6.07, 6.45) is 13.1. The summed E-state index contributed by atoms with van der Waals surface area (Å²) in [4.78, 5) is 26.2. The highest BCUT2D eigenvalue weighted by molar-refractivity contribution is 6.39. The molecule has 1 unspecified atom stereocenters. The molecule has 2 saturated heterocycles. The Morgan fingerprint density at radius 2 is 1.53 bits per heavy atom. The predicted molar refractivity (Wildman–Crippen MR) is 203 cm³/mol. The fourth-order valence-corrected chi connectivity index (χ4v) is 7.66. The molecule has 2 fully saturated rings. The van der Waals surface area contributed by atoms with Gasteiger partial charge in [0.15, 0.2) is 0 Å². The van der Waals surface area contributed by atoms with Crippen LogP contribution in [0.3, 0.4) is 0 Å². The Balaban J connectivity index is 1.09. The second-order valence-electron chi connectivity index (χ2n) is 13.1. The van der Waals surface area contributed by atoms with Crippen molar-refractivity contribution in [3.8, 4) is 45.4 Å². The number of rotatable bonds is 12. The largest absolute Gasteiger partial charge is 0.480 e. The molecule has 0 spiro atoms. The highest BCUT2D eigenvalue weighted by Gasteiger charge is 2.27. The zero-order valence-electron chi connectivity index (χ0n) is 29.0. The van der Waals surface area contributed by atoms with Gasteiger partial charge in [0.05, 0.1) is 48.0 Å². The predicted octanol–water partition coefficient (Wildman–Crippen LogP) is 7.52. The highest BCUT2D eigenvalue weighted by Crippen LogP contribution is 2.42. The first kappa shape index (κ1) is 35.1. The molecule has 0 aliphatic carbocycles. The molecule has 51 heavy (non-hydrogen) atoms. The van der Waals surface area contributed by atoms with Gasteiger partial charge in [-0.05, 0) is 38.6 Å². The third-order valence-corrected chi connectivity index (χ3v) is 10.5. The summed E-state index contributed by atoms with van der Waals surface area (Å²) in [7, 11) is 3.22. The summed E-state index contributed by atoms with van der Waals surface area (Å²) in [5, 5.41) is 7.87. The van der Waals surface area contributed by atoms with Gasteiger partial charge in [-0.1, -0.05) is 72.3 Å². The molecule has 12 heteroatoms. The van der Waals surface area contributed by atoms with E-state index in [1.165, 1.54) is 5.70 Å². The van der Waals surface area contributed by atoms with Crippen molar-refractivity contribution in [3.05, 3.63) is 94.3 Å². The van der Waals surface area contributed by atoms with E-state index >= 15 is 0 Å². The lowest BCUT2D eigenvalue weighted by Crippen LogP contribution is -2.33. The van der Waals surface area contributed by atoms with Crippen LogP contribution in [0, 0.1) is 5.92 Å². The summed E-state index contributed by atoms with van der Waals surface area (Å²) in [5.74, 6) is 1.38. The smallest absolute Gasteiger partial charge is 0.237 e. The van der Waals surface area contributed by atoms with Crippen LogP contribution in [0.2, 0.25) is 10.0 Å². The molecule has 2 aromatic heterocycles. The molecule has 264 valence electrons. The minimum absolute atomic E-state index is 0.365. The summed E-state index contributed by atoms with van der Waals surface area (Å²) in [5.41, 5.74) is 8.00. The SMILES string of the molecule is C=C1CC[C@@H](CNCc2ncc(-c3cccc(-c4cccc(-c5cnc(CN6CCC(C7=CCCC=N7)C6)c(OC)n5)c4Cl)c3Cl)nc2OC)N1. The van der Waals surface area contributed by atoms with Crippen LogP contribution in [0.4, 0.5) is 0 Å². The zero-order valence-corrected chi connectivity index (χ0v) is 30.5. The summed E-state index contributed by atoms with van der Waals surface area (Å²) >= 11 is 14.2. The van der Waals surface area contributed by atoms with Crippen molar-refractivity contribution in [2.24, 2.45) is 10.9 Å². The number of nitrogens with zero attached hydrogens (tertiary/aromatic N) is 6. The summed E-state index contributed by atoms with van der Waals surface area (Å²) in [6.45, 7) is 7.92. The normalized spacial score (nSPS) is 18.9. The Morgan fingerprint density at radius 3 is 2.14 bits per heavy atom. The van der Waals surface area contributed by atoms with Crippen molar-refractivity contribution in [2.75, 3.05) is 33.9 Å². The van der Waals surface area contributed by atoms with Crippen molar-refractivity contribution in [1.29, 1.82) is 0 Å². The van der Waals surface area contributed by atoms with Crippen molar-refractivity contribution in [3.63, 3.8) is 0 Å². The zero-order chi connectivity index (χ0) is 35.3. The van der Waals surface area contributed by atoms with Crippen LogP contribution in [0.25, 0.3) is 33.6 Å². The van der Waals surface area contributed by atoms with Crippen LogP contribution in [-0.2, 0) is 13.1 Å². The third-order valence-electron chi connectivity index (χ3n) is 9.69. The number of likely N-dealkylation sites (tertiary alicyclic amines) is 1. The first-order valence-corrected chi connectivity index (χ1v) is 18.1. The van der Waals surface area contributed by atoms with Crippen LogP contribution in [0.5, 0.6) is 11.8 Å². The number of aromatic nitrogens is 4. The second kappa shape index (κ2) is 15.9. The molecule has 7 rings (SSSR count). The fourth-order valence-electron chi connectivity index (χ4n) is 7.02. The van der Waals surface area contributed by atoms with Gasteiger partial charge in [-0.15, -0.1) is 0 Å². The molecule has 3 aliphatic heterocycles. The number of allylic oxidation sites excluding steroid dienone is 2. The minimum atomic E-state index is 0.365.